The van der Waals surface area contributed by atoms with Crippen LogP contribution < -0.4 is 14.2 Å². The Morgan fingerprint density at radius 1 is 1.11 bits per heavy atom. The number of nitrogens with zero attached hydrogens (tertiary/aromatic N) is 1. The lowest BCUT2D eigenvalue weighted by atomic mass is 10.1. The van der Waals surface area contributed by atoms with Gasteiger partial charge in [-0.05, 0) is 95.8 Å². The van der Waals surface area contributed by atoms with Crippen LogP contribution in [0.15, 0.2) is 71.1 Å². The number of carbonyl (C=O) groups excluding carboxylic acids is 1. The van der Waals surface area contributed by atoms with Gasteiger partial charge >= 0.3 is 10.1 Å². The maximum absolute atomic E-state index is 12.8. The lowest BCUT2D eigenvalue weighted by Crippen LogP contribution is -2.13. The molecule has 0 spiro atoms. The number of hydrogen-bond acceptors (Lipinski definition) is 6. The minimum absolute atomic E-state index is 0.0126. The molecule has 0 aromatic heterocycles. The summed E-state index contributed by atoms with van der Waals surface area (Å²) in [5.74, 6) is -0.509. The second-order valence-corrected chi connectivity index (χ2v) is 10.5. The molecule has 1 N–H and O–H groups in total. The van der Waals surface area contributed by atoms with E-state index in [2.05, 4.69) is 5.32 Å². The van der Waals surface area contributed by atoms with Crippen molar-refractivity contribution in [2.24, 2.45) is 0 Å². The molecule has 0 bridgehead atoms. The summed E-state index contributed by atoms with van der Waals surface area (Å²) in [6.07, 6.45) is 1.36. The van der Waals surface area contributed by atoms with Crippen LogP contribution in [-0.4, -0.2) is 20.9 Å². The van der Waals surface area contributed by atoms with E-state index in [9.17, 15) is 18.5 Å². The largest absolute Gasteiger partial charge is 0.490 e. The van der Waals surface area contributed by atoms with E-state index < -0.39 is 16.0 Å². The van der Waals surface area contributed by atoms with E-state index in [0.29, 0.717) is 24.9 Å². The summed E-state index contributed by atoms with van der Waals surface area (Å²) < 4.78 is 36.9. The van der Waals surface area contributed by atoms with Gasteiger partial charge in [0.2, 0.25) is 0 Å². The number of hydrogen-bond donors (Lipinski definition) is 1. The molecule has 0 saturated heterocycles. The molecule has 7 nitrogen and oxygen atoms in total. The highest BCUT2D eigenvalue weighted by atomic mass is 127. The molecule has 3 aromatic carbocycles. The van der Waals surface area contributed by atoms with Crippen molar-refractivity contribution < 1.29 is 22.1 Å². The van der Waals surface area contributed by atoms with Gasteiger partial charge in [0.1, 0.15) is 16.5 Å². The normalized spacial score (nSPS) is 11.5. The Morgan fingerprint density at radius 2 is 1.83 bits per heavy atom. The fraction of sp³-hybridized carbons (Fsp3) is 0.0833. The Balaban J connectivity index is 1.94. The molecule has 0 unspecified atom stereocenters. The van der Waals surface area contributed by atoms with Gasteiger partial charge in [-0.15, -0.1) is 0 Å². The number of amides is 1. The summed E-state index contributed by atoms with van der Waals surface area (Å²) in [4.78, 5) is 12.5. The summed E-state index contributed by atoms with van der Waals surface area (Å²) in [5.41, 5.74) is 0.696. The van der Waals surface area contributed by atoms with Crippen LogP contribution in [0, 0.1) is 14.9 Å². The van der Waals surface area contributed by atoms with Gasteiger partial charge in [-0.2, -0.15) is 13.7 Å². The number of halogens is 3. The molecule has 0 radical (unpaired) electrons. The van der Waals surface area contributed by atoms with E-state index in [-0.39, 0.29) is 28.6 Å². The molecule has 3 aromatic rings. The molecular weight excluding hydrogens is 626 g/mol. The predicted molar refractivity (Wildman–Crippen MR) is 143 cm³/mol. The van der Waals surface area contributed by atoms with Gasteiger partial charge in [0.15, 0.2) is 11.5 Å². The van der Waals surface area contributed by atoms with Crippen molar-refractivity contribution in [3.8, 4) is 17.6 Å². The predicted octanol–water partition coefficient (Wildman–Crippen LogP) is 6.31. The molecule has 0 aliphatic heterocycles. The van der Waals surface area contributed by atoms with Gasteiger partial charge in [0.25, 0.3) is 5.91 Å². The summed E-state index contributed by atoms with van der Waals surface area (Å²) in [6, 6.07) is 17.0. The third-order valence-electron chi connectivity index (χ3n) is 4.39. The number of anilines is 1. The highest BCUT2D eigenvalue weighted by Crippen LogP contribution is 2.37. The molecular formula is C24H17Cl2IN2O5S. The average molecular weight is 643 g/mol. The minimum Gasteiger partial charge on any atom is -0.490 e. The smallest absolute Gasteiger partial charge is 0.339 e. The molecule has 0 aliphatic carbocycles. The van der Waals surface area contributed by atoms with Gasteiger partial charge in [-0.3, -0.25) is 4.79 Å². The zero-order chi connectivity index (χ0) is 25.6. The Hall–Kier alpha value is -2.78. The third-order valence-corrected chi connectivity index (χ3v) is 6.91. The first-order valence-electron chi connectivity index (χ1n) is 9.98. The molecule has 3 rings (SSSR count). The van der Waals surface area contributed by atoms with Crippen LogP contribution in [-0.2, 0) is 14.9 Å². The number of nitriles is 1. The first kappa shape index (κ1) is 26.8. The highest BCUT2D eigenvalue weighted by molar-refractivity contribution is 14.1. The van der Waals surface area contributed by atoms with Crippen LogP contribution in [0.4, 0.5) is 5.69 Å². The maximum atomic E-state index is 12.8. The minimum atomic E-state index is -4.17. The van der Waals surface area contributed by atoms with Crippen LogP contribution in [0.3, 0.4) is 0 Å². The standard InChI is InChI=1S/C24H17Cl2IN2O5S/c1-2-33-22-12-15(10-16(14-28)24(30)29-19-5-3-4-18(26)13-19)11-21(27)23(22)34-35(31,32)20-8-6-17(25)7-9-20/h3-13H,2H2,1H3,(H,29,30)/b16-10+. The highest BCUT2D eigenvalue weighted by Gasteiger charge is 2.22. The van der Waals surface area contributed by atoms with E-state index in [4.69, 9.17) is 32.1 Å². The molecule has 11 heteroatoms. The Kier molecular flexibility index (Phi) is 9.02. The van der Waals surface area contributed by atoms with Crippen molar-refractivity contribution >= 4 is 73.6 Å². The lowest BCUT2D eigenvalue weighted by molar-refractivity contribution is -0.112. The number of nitrogens with one attached hydrogen (secondary N) is 1. The van der Waals surface area contributed by atoms with Crippen molar-refractivity contribution in [2.75, 3.05) is 11.9 Å². The van der Waals surface area contributed by atoms with E-state index >= 15 is 0 Å². The first-order chi connectivity index (χ1) is 16.6. The molecule has 0 fully saturated rings. The molecule has 0 saturated carbocycles. The molecule has 1 amide bonds. The molecule has 35 heavy (non-hydrogen) atoms. The van der Waals surface area contributed by atoms with Crippen molar-refractivity contribution in [1.82, 2.24) is 0 Å². The van der Waals surface area contributed by atoms with E-state index in [1.807, 2.05) is 28.7 Å². The SMILES string of the molecule is CCOc1cc(/C=C(\C#N)C(=O)Nc2cccc(Cl)c2)cc(I)c1OS(=O)(=O)c1ccc(Cl)cc1. The van der Waals surface area contributed by atoms with Gasteiger partial charge in [-0.25, -0.2) is 0 Å². The van der Waals surface area contributed by atoms with Crippen molar-refractivity contribution in [1.29, 1.82) is 5.26 Å². The first-order valence-corrected chi connectivity index (χ1v) is 13.2. The Bertz CT molecular complexity index is 1440. The quantitative estimate of drug-likeness (QED) is 0.134. The monoisotopic (exact) mass is 642 g/mol. The van der Waals surface area contributed by atoms with Gasteiger partial charge in [-0.1, -0.05) is 29.3 Å². The van der Waals surface area contributed by atoms with Crippen molar-refractivity contribution in [3.05, 3.63) is 85.4 Å². The van der Waals surface area contributed by atoms with Crippen molar-refractivity contribution in [3.63, 3.8) is 0 Å². The third kappa shape index (κ3) is 7.11. The number of carbonyl (C=O) groups is 1. The van der Waals surface area contributed by atoms with Crippen LogP contribution in [0.25, 0.3) is 6.08 Å². The number of ether oxygens (including phenoxy) is 1. The van der Waals surface area contributed by atoms with Gasteiger partial charge in [0.05, 0.1) is 10.2 Å². The Morgan fingerprint density at radius 3 is 2.46 bits per heavy atom. The molecule has 0 atom stereocenters. The van der Waals surface area contributed by atoms with Crippen molar-refractivity contribution in [2.45, 2.75) is 11.8 Å². The second kappa shape index (κ2) is 11.8. The van der Waals surface area contributed by atoms with E-state index in [0.717, 1.165) is 0 Å². The zero-order valence-electron chi connectivity index (χ0n) is 18.1. The van der Waals surface area contributed by atoms with Gasteiger partial charge < -0.3 is 14.2 Å². The average Bonchev–Trinajstić information content (AvgIpc) is 2.80. The van der Waals surface area contributed by atoms with E-state index in [1.54, 1.807) is 37.3 Å². The van der Waals surface area contributed by atoms with Crippen LogP contribution in [0.1, 0.15) is 12.5 Å². The topological polar surface area (TPSA) is 105 Å². The van der Waals surface area contributed by atoms with Crippen LogP contribution in [0.5, 0.6) is 11.5 Å². The Labute approximate surface area is 226 Å². The maximum Gasteiger partial charge on any atom is 0.339 e. The molecule has 0 heterocycles. The number of rotatable bonds is 8. The number of benzene rings is 3. The summed E-state index contributed by atoms with van der Waals surface area (Å²) in [5, 5.41) is 13.0. The molecule has 0 aliphatic rings. The summed E-state index contributed by atoms with van der Waals surface area (Å²) >= 11 is 13.7. The summed E-state index contributed by atoms with van der Waals surface area (Å²) in [7, 11) is -4.17. The molecule has 180 valence electrons. The van der Waals surface area contributed by atoms with Gasteiger partial charge in [0, 0.05) is 15.7 Å². The summed E-state index contributed by atoms with van der Waals surface area (Å²) in [6.45, 7) is 1.95. The fourth-order valence-corrected chi connectivity index (χ4v) is 5.01. The van der Waals surface area contributed by atoms with E-state index in [1.165, 1.54) is 36.4 Å². The lowest BCUT2D eigenvalue weighted by Gasteiger charge is -2.15. The fourth-order valence-electron chi connectivity index (χ4n) is 2.85. The van der Waals surface area contributed by atoms with Crippen LogP contribution >= 0.6 is 45.8 Å². The van der Waals surface area contributed by atoms with Crippen LogP contribution in [0.2, 0.25) is 10.0 Å². The second-order valence-electron chi connectivity index (χ2n) is 6.89. The zero-order valence-corrected chi connectivity index (χ0v) is 22.6.